The quantitative estimate of drug-likeness (QED) is 0.535. The molecule has 0 spiro atoms. The summed E-state index contributed by atoms with van der Waals surface area (Å²) in [6, 6.07) is 8.22. The minimum atomic E-state index is -0.568. The molecule has 152 valence electrons. The summed E-state index contributed by atoms with van der Waals surface area (Å²) in [6.07, 6.45) is 3.27. The molecule has 1 aliphatic heterocycles. The number of nitriles is 1. The van der Waals surface area contributed by atoms with E-state index < -0.39 is 11.8 Å². The smallest absolute Gasteiger partial charge is 0.276 e. The van der Waals surface area contributed by atoms with Crippen molar-refractivity contribution >= 4 is 23.6 Å². The van der Waals surface area contributed by atoms with Gasteiger partial charge in [0, 0.05) is 13.0 Å². The highest BCUT2D eigenvalue weighted by Gasteiger charge is 2.47. The average Bonchev–Trinajstić information content (AvgIpc) is 2.99. The van der Waals surface area contributed by atoms with Crippen LogP contribution in [0.2, 0.25) is 0 Å². The van der Waals surface area contributed by atoms with Gasteiger partial charge in [-0.15, -0.1) is 0 Å². The molecule has 0 unspecified atom stereocenters. The molecule has 1 aliphatic carbocycles. The number of imide groups is 1. The third-order valence-electron chi connectivity index (χ3n) is 5.19. The molecule has 0 radical (unpaired) electrons. The number of likely N-dealkylation sites (tertiary alicyclic amines) is 1. The van der Waals surface area contributed by atoms with E-state index in [4.69, 9.17) is 10.00 Å². The van der Waals surface area contributed by atoms with E-state index in [2.05, 4.69) is 10.9 Å². The number of amides is 4. The molecule has 4 amide bonds. The summed E-state index contributed by atoms with van der Waals surface area (Å²) in [6.45, 7) is -0.313. The van der Waals surface area contributed by atoms with Crippen molar-refractivity contribution in [2.45, 2.75) is 32.1 Å². The zero-order valence-corrected chi connectivity index (χ0v) is 15.8. The zero-order valence-electron chi connectivity index (χ0n) is 15.8. The van der Waals surface area contributed by atoms with E-state index in [9.17, 15) is 19.2 Å². The lowest BCUT2D eigenvalue weighted by molar-refractivity contribution is -0.140. The van der Waals surface area contributed by atoms with Crippen LogP contribution >= 0.6 is 0 Å². The van der Waals surface area contributed by atoms with Crippen molar-refractivity contribution in [2.75, 3.05) is 13.2 Å². The van der Waals surface area contributed by atoms with Gasteiger partial charge in [-0.05, 0) is 37.1 Å². The summed E-state index contributed by atoms with van der Waals surface area (Å²) >= 11 is 0. The lowest BCUT2D eigenvalue weighted by Crippen LogP contribution is -2.45. The van der Waals surface area contributed by atoms with Crippen LogP contribution in [-0.2, 0) is 19.2 Å². The number of hydrazine groups is 1. The summed E-state index contributed by atoms with van der Waals surface area (Å²) in [5.41, 5.74) is 4.94. The van der Waals surface area contributed by atoms with Crippen molar-refractivity contribution in [3.05, 3.63) is 29.8 Å². The molecule has 1 aromatic carbocycles. The van der Waals surface area contributed by atoms with Crippen molar-refractivity contribution in [1.82, 2.24) is 15.8 Å². The standard InChI is InChI=1S/C20H22N4O5/c21-11-13-5-7-14(8-6-13)29-12-18(26)23-22-17(25)9-10-24-19(27)15-3-1-2-4-16(15)20(24)28/h5-8,15-16H,1-4,9-10,12H2,(H,22,25)(H,23,26)/t15-,16-/m0/s1. The van der Waals surface area contributed by atoms with Crippen LogP contribution in [0.3, 0.4) is 0 Å². The first kappa shape index (κ1) is 20.3. The maximum absolute atomic E-state index is 12.4. The molecule has 3 rings (SSSR count). The van der Waals surface area contributed by atoms with Gasteiger partial charge >= 0.3 is 0 Å². The maximum Gasteiger partial charge on any atom is 0.276 e. The molecule has 9 heteroatoms. The van der Waals surface area contributed by atoms with Crippen molar-refractivity contribution in [3.8, 4) is 11.8 Å². The van der Waals surface area contributed by atoms with Gasteiger partial charge in [-0.3, -0.25) is 34.9 Å². The molecule has 1 heterocycles. The topological polar surface area (TPSA) is 129 Å². The third-order valence-corrected chi connectivity index (χ3v) is 5.19. The SMILES string of the molecule is N#Cc1ccc(OCC(=O)NNC(=O)CCN2C(=O)[C@H]3CCCC[C@@H]3C2=O)cc1. The molecule has 2 fully saturated rings. The van der Waals surface area contributed by atoms with Crippen LogP contribution in [0.25, 0.3) is 0 Å². The molecular formula is C20H22N4O5. The van der Waals surface area contributed by atoms with Gasteiger partial charge in [-0.25, -0.2) is 0 Å². The molecule has 1 saturated carbocycles. The number of carbonyl (C=O) groups excluding carboxylic acids is 4. The largest absolute Gasteiger partial charge is 0.484 e. The van der Waals surface area contributed by atoms with Crippen LogP contribution in [-0.4, -0.2) is 41.7 Å². The van der Waals surface area contributed by atoms with Gasteiger partial charge in [0.15, 0.2) is 6.61 Å². The highest BCUT2D eigenvalue weighted by molar-refractivity contribution is 6.05. The van der Waals surface area contributed by atoms with Crippen LogP contribution in [0, 0.1) is 23.2 Å². The Kier molecular flexibility index (Phi) is 6.44. The van der Waals surface area contributed by atoms with Gasteiger partial charge in [0.2, 0.25) is 17.7 Å². The Morgan fingerprint density at radius 2 is 1.62 bits per heavy atom. The molecule has 0 bridgehead atoms. The number of fused-ring (bicyclic) bond motifs is 1. The molecule has 9 nitrogen and oxygen atoms in total. The van der Waals surface area contributed by atoms with Gasteiger partial charge in [-0.1, -0.05) is 12.8 Å². The Bertz CT molecular complexity index is 821. The molecule has 1 saturated heterocycles. The van der Waals surface area contributed by atoms with E-state index in [0.717, 1.165) is 25.7 Å². The highest BCUT2D eigenvalue weighted by Crippen LogP contribution is 2.37. The first-order valence-corrected chi connectivity index (χ1v) is 9.55. The second-order valence-corrected chi connectivity index (χ2v) is 7.10. The van der Waals surface area contributed by atoms with E-state index in [1.54, 1.807) is 24.3 Å². The molecule has 2 aliphatic rings. The monoisotopic (exact) mass is 398 g/mol. The summed E-state index contributed by atoms with van der Waals surface area (Å²) in [5.74, 6) is -1.51. The van der Waals surface area contributed by atoms with E-state index in [0.29, 0.717) is 11.3 Å². The van der Waals surface area contributed by atoms with Gasteiger partial charge in [-0.2, -0.15) is 5.26 Å². The summed E-state index contributed by atoms with van der Waals surface area (Å²) in [5, 5.41) is 8.73. The zero-order chi connectivity index (χ0) is 20.8. The number of rotatable bonds is 6. The van der Waals surface area contributed by atoms with Crippen LogP contribution in [0.15, 0.2) is 24.3 Å². The molecule has 2 N–H and O–H groups in total. The first-order chi connectivity index (χ1) is 14.0. The Morgan fingerprint density at radius 3 is 2.21 bits per heavy atom. The van der Waals surface area contributed by atoms with E-state index in [1.807, 2.05) is 6.07 Å². The summed E-state index contributed by atoms with van der Waals surface area (Å²) in [4.78, 5) is 49.6. The third kappa shape index (κ3) is 4.90. The number of nitrogens with one attached hydrogen (secondary N) is 2. The number of ether oxygens (including phenoxy) is 1. The van der Waals surface area contributed by atoms with Crippen LogP contribution in [0.4, 0.5) is 0 Å². The van der Waals surface area contributed by atoms with E-state index in [-0.39, 0.29) is 43.2 Å². The number of benzene rings is 1. The predicted octanol–water partition coefficient (Wildman–Crippen LogP) is 0.650. The Balaban J connectivity index is 1.37. The lowest BCUT2D eigenvalue weighted by atomic mass is 9.81. The van der Waals surface area contributed by atoms with Crippen molar-refractivity contribution in [1.29, 1.82) is 5.26 Å². The number of hydrogen-bond acceptors (Lipinski definition) is 6. The molecule has 2 atom stereocenters. The second-order valence-electron chi connectivity index (χ2n) is 7.10. The van der Waals surface area contributed by atoms with Gasteiger partial charge in [0.25, 0.3) is 5.91 Å². The van der Waals surface area contributed by atoms with Gasteiger partial charge in [0.1, 0.15) is 5.75 Å². The van der Waals surface area contributed by atoms with Crippen molar-refractivity contribution in [3.63, 3.8) is 0 Å². The number of carbonyl (C=O) groups is 4. The van der Waals surface area contributed by atoms with E-state index >= 15 is 0 Å². The minimum absolute atomic E-state index is 0.00805. The summed E-state index contributed by atoms with van der Waals surface area (Å²) in [7, 11) is 0. The lowest BCUT2D eigenvalue weighted by Gasteiger charge is -2.19. The van der Waals surface area contributed by atoms with Crippen LogP contribution < -0.4 is 15.6 Å². The number of nitrogens with zero attached hydrogens (tertiary/aromatic N) is 2. The Hall–Kier alpha value is -3.41. The van der Waals surface area contributed by atoms with Gasteiger partial charge < -0.3 is 4.74 Å². The normalized spacial score (nSPS) is 20.6. The molecular weight excluding hydrogens is 376 g/mol. The van der Waals surface area contributed by atoms with Crippen molar-refractivity contribution in [2.24, 2.45) is 11.8 Å². The average molecular weight is 398 g/mol. The highest BCUT2D eigenvalue weighted by atomic mass is 16.5. The Morgan fingerprint density at radius 1 is 1.03 bits per heavy atom. The maximum atomic E-state index is 12.4. The minimum Gasteiger partial charge on any atom is -0.484 e. The molecule has 29 heavy (non-hydrogen) atoms. The Labute approximate surface area is 168 Å². The molecule has 1 aromatic rings. The first-order valence-electron chi connectivity index (χ1n) is 9.55. The van der Waals surface area contributed by atoms with Gasteiger partial charge in [0.05, 0.1) is 23.5 Å². The number of hydrogen-bond donors (Lipinski definition) is 2. The van der Waals surface area contributed by atoms with Crippen LogP contribution in [0.1, 0.15) is 37.7 Å². The predicted molar refractivity (Wildman–Crippen MR) is 99.7 cm³/mol. The van der Waals surface area contributed by atoms with Crippen molar-refractivity contribution < 1.29 is 23.9 Å². The fourth-order valence-corrected chi connectivity index (χ4v) is 3.68. The second kappa shape index (κ2) is 9.19. The summed E-state index contributed by atoms with van der Waals surface area (Å²) < 4.78 is 5.25. The van der Waals surface area contributed by atoms with Crippen LogP contribution in [0.5, 0.6) is 5.75 Å². The fourth-order valence-electron chi connectivity index (χ4n) is 3.68. The fraction of sp³-hybridized carbons (Fsp3) is 0.450. The molecule has 0 aromatic heterocycles. The van der Waals surface area contributed by atoms with E-state index in [1.165, 1.54) is 4.90 Å².